The Kier molecular flexibility index (Phi) is 10.2. The highest BCUT2D eigenvalue weighted by atomic mass is 16.4. The number of carbonyl (C=O) groups excluding carboxylic acids is 1. The molecule has 0 aliphatic carbocycles. The minimum atomic E-state index is -0.132. The van der Waals surface area contributed by atoms with Crippen molar-refractivity contribution in [3.05, 3.63) is 36.4 Å². The third-order valence-corrected chi connectivity index (χ3v) is 1.49. The van der Waals surface area contributed by atoms with Gasteiger partial charge in [-0.15, -0.1) is 0 Å². The second-order valence-electron chi connectivity index (χ2n) is 3.22. The first-order chi connectivity index (χ1) is 8.70. The normalized spacial score (nSPS) is 11.4. The van der Waals surface area contributed by atoms with Gasteiger partial charge in [0.15, 0.2) is 0 Å². The van der Waals surface area contributed by atoms with Gasteiger partial charge in [0, 0.05) is 27.4 Å². The first-order valence-corrected chi connectivity index (χ1v) is 5.45. The Morgan fingerprint density at radius 2 is 1.61 bits per heavy atom. The van der Waals surface area contributed by atoms with E-state index in [0.29, 0.717) is 12.5 Å². The van der Waals surface area contributed by atoms with Gasteiger partial charge in [-0.05, 0) is 0 Å². The van der Waals surface area contributed by atoms with Crippen molar-refractivity contribution in [1.29, 1.82) is 0 Å². The largest absolute Gasteiger partial charge is 0.388 e. The molecular weight excluding hydrogens is 230 g/mol. The lowest BCUT2D eigenvalue weighted by molar-refractivity contribution is -0.117. The van der Waals surface area contributed by atoms with E-state index >= 15 is 0 Å². The Balaban J connectivity index is 0.000000278. The van der Waals surface area contributed by atoms with Gasteiger partial charge in [-0.3, -0.25) is 10.1 Å². The summed E-state index contributed by atoms with van der Waals surface area (Å²) in [5.41, 5.74) is 0. The number of rotatable bonds is 0. The maximum absolute atomic E-state index is 10.3. The van der Waals surface area contributed by atoms with E-state index in [4.69, 9.17) is 0 Å². The van der Waals surface area contributed by atoms with E-state index in [2.05, 4.69) is 20.0 Å². The van der Waals surface area contributed by atoms with Crippen LogP contribution in [0.3, 0.4) is 0 Å². The van der Waals surface area contributed by atoms with E-state index in [-0.39, 0.29) is 5.91 Å². The molecule has 0 saturated heterocycles. The number of methoxy groups -OCH3 is 1. The lowest BCUT2D eigenvalue weighted by Crippen LogP contribution is -2.25. The van der Waals surface area contributed by atoms with Crippen molar-refractivity contribution in [3.63, 3.8) is 0 Å². The minimum absolute atomic E-state index is 0.132. The molecule has 1 aliphatic heterocycles. The van der Waals surface area contributed by atoms with Gasteiger partial charge < -0.3 is 4.74 Å². The number of ether oxygens (including phenoxy) is 1. The molecule has 1 amide bonds. The molecule has 1 aliphatic rings. The highest BCUT2D eigenvalue weighted by molar-refractivity contribution is 6.01. The molecule has 1 aromatic rings. The van der Waals surface area contributed by atoms with Crippen molar-refractivity contribution in [3.8, 4) is 0 Å². The number of benzene rings is 1. The van der Waals surface area contributed by atoms with E-state index in [1.54, 1.807) is 20.4 Å². The summed E-state index contributed by atoms with van der Waals surface area (Å²) < 4.78 is 4.25. The zero-order valence-electron chi connectivity index (χ0n) is 11.0. The van der Waals surface area contributed by atoms with Crippen LogP contribution in [0.25, 0.3) is 0 Å². The van der Waals surface area contributed by atoms with Crippen LogP contribution in [0.1, 0.15) is 6.92 Å². The van der Waals surface area contributed by atoms with E-state index in [0.717, 1.165) is 0 Å². The van der Waals surface area contributed by atoms with Crippen LogP contribution in [0.15, 0.2) is 46.4 Å². The molecule has 0 radical (unpaired) electrons. The van der Waals surface area contributed by atoms with Crippen molar-refractivity contribution < 1.29 is 9.53 Å². The second kappa shape index (κ2) is 11.5. The maximum atomic E-state index is 10.3. The average Bonchev–Trinajstić information content (AvgIpc) is 2.85. The van der Waals surface area contributed by atoms with E-state index in [1.165, 1.54) is 6.92 Å². The van der Waals surface area contributed by atoms with Crippen LogP contribution in [0.4, 0.5) is 0 Å². The number of amides is 1. The smallest absolute Gasteiger partial charge is 0.224 e. The van der Waals surface area contributed by atoms with Crippen molar-refractivity contribution in [2.75, 3.05) is 20.8 Å². The van der Waals surface area contributed by atoms with Gasteiger partial charge in [-0.25, -0.2) is 9.98 Å². The number of hydrogen-bond donors (Lipinski definition) is 1. The summed E-state index contributed by atoms with van der Waals surface area (Å²) in [5.74, 6) is 0.287. The number of nitrogens with one attached hydrogen (secondary N) is 1. The van der Waals surface area contributed by atoms with Gasteiger partial charge in [0.1, 0.15) is 0 Å². The molecule has 0 bridgehead atoms. The number of guanidine groups is 1. The molecule has 0 atom stereocenters. The molecule has 1 N–H and O–H groups in total. The van der Waals surface area contributed by atoms with Crippen LogP contribution < -0.4 is 5.32 Å². The monoisotopic (exact) mass is 249 g/mol. The number of aliphatic imine (C=N–C) groups is 2. The highest BCUT2D eigenvalue weighted by Gasteiger charge is 2.00. The third-order valence-electron chi connectivity index (χ3n) is 1.49. The minimum Gasteiger partial charge on any atom is -0.388 e. The predicted octanol–water partition coefficient (Wildman–Crippen LogP) is 1.51. The molecule has 0 spiro atoms. The Hall–Kier alpha value is -2.01. The highest BCUT2D eigenvalue weighted by Crippen LogP contribution is 1.83. The number of nitrogens with zero attached hydrogens (tertiary/aromatic N) is 2. The Labute approximate surface area is 108 Å². The lowest BCUT2D eigenvalue weighted by atomic mass is 10.4. The quantitative estimate of drug-likeness (QED) is 0.757. The molecule has 2 rings (SSSR count). The SMILES string of the molecule is CC(=O)NC1=NCC=N1.COC.c1ccccc1. The first-order valence-electron chi connectivity index (χ1n) is 5.45. The fourth-order valence-electron chi connectivity index (χ4n) is 0.910. The van der Waals surface area contributed by atoms with Crippen LogP contribution >= 0.6 is 0 Å². The zero-order valence-corrected chi connectivity index (χ0v) is 11.0. The van der Waals surface area contributed by atoms with E-state index in [1.807, 2.05) is 36.4 Å². The fourth-order valence-corrected chi connectivity index (χ4v) is 0.910. The topological polar surface area (TPSA) is 63.0 Å². The Morgan fingerprint density at radius 3 is 1.89 bits per heavy atom. The number of carbonyl (C=O) groups is 1. The summed E-state index contributed by atoms with van der Waals surface area (Å²) in [6.07, 6.45) is 1.64. The molecule has 0 saturated carbocycles. The third kappa shape index (κ3) is 10.5. The van der Waals surface area contributed by atoms with Gasteiger partial charge in [0.25, 0.3) is 0 Å². The zero-order chi connectivity index (χ0) is 13.6. The van der Waals surface area contributed by atoms with Crippen LogP contribution in [0.5, 0.6) is 0 Å². The molecular formula is C13H19N3O2. The Bertz CT molecular complexity index is 348. The van der Waals surface area contributed by atoms with Crippen molar-refractivity contribution in [1.82, 2.24) is 5.32 Å². The van der Waals surface area contributed by atoms with Gasteiger partial charge in [-0.1, -0.05) is 36.4 Å². The molecule has 5 nitrogen and oxygen atoms in total. The summed E-state index contributed by atoms with van der Waals surface area (Å²) in [6, 6.07) is 12.0. The van der Waals surface area contributed by atoms with Gasteiger partial charge in [0.2, 0.25) is 11.9 Å². The molecule has 1 heterocycles. The molecule has 98 valence electrons. The molecule has 0 aromatic heterocycles. The molecule has 5 heteroatoms. The summed E-state index contributed by atoms with van der Waals surface area (Å²) in [7, 11) is 3.25. The van der Waals surface area contributed by atoms with Crippen molar-refractivity contribution in [2.45, 2.75) is 6.92 Å². The predicted molar refractivity (Wildman–Crippen MR) is 74.0 cm³/mol. The van der Waals surface area contributed by atoms with Crippen molar-refractivity contribution in [2.24, 2.45) is 9.98 Å². The average molecular weight is 249 g/mol. The fraction of sp³-hybridized carbons (Fsp3) is 0.308. The Morgan fingerprint density at radius 1 is 1.17 bits per heavy atom. The molecule has 18 heavy (non-hydrogen) atoms. The number of hydrogen-bond acceptors (Lipinski definition) is 4. The summed E-state index contributed by atoms with van der Waals surface area (Å²) in [5, 5.41) is 2.45. The summed E-state index contributed by atoms with van der Waals surface area (Å²) in [6.45, 7) is 2.01. The van der Waals surface area contributed by atoms with Crippen molar-refractivity contribution >= 4 is 18.1 Å². The standard InChI is InChI=1S/C6H6.C5H7N3O.C2H6O/c1-2-4-6-5-3-1;1-4(9)8-5-6-2-3-7-5;1-3-2/h1-6H;2H,3H2,1H3,(H,7,8,9);1-2H3. The van der Waals surface area contributed by atoms with Gasteiger partial charge in [0.05, 0.1) is 6.54 Å². The molecule has 0 fully saturated rings. The van der Waals surface area contributed by atoms with Gasteiger partial charge in [-0.2, -0.15) is 0 Å². The summed E-state index contributed by atoms with van der Waals surface area (Å²) >= 11 is 0. The second-order valence-corrected chi connectivity index (χ2v) is 3.22. The maximum Gasteiger partial charge on any atom is 0.224 e. The summed E-state index contributed by atoms with van der Waals surface area (Å²) in [4.78, 5) is 17.9. The van der Waals surface area contributed by atoms with E-state index in [9.17, 15) is 4.79 Å². The van der Waals surface area contributed by atoms with Gasteiger partial charge >= 0.3 is 0 Å². The van der Waals surface area contributed by atoms with Crippen LogP contribution in [-0.2, 0) is 9.53 Å². The van der Waals surface area contributed by atoms with E-state index < -0.39 is 0 Å². The first kappa shape index (κ1) is 16.0. The molecule has 1 aromatic carbocycles. The van der Waals surface area contributed by atoms with Crippen LogP contribution in [0.2, 0.25) is 0 Å². The lowest BCUT2D eigenvalue weighted by Gasteiger charge is -1.93. The molecule has 0 unspecified atom stereocenters. The van der Waals surface area contributed by atoms with Crippen LogP contribution in [0, 0.1) is 0 Å². The van der Waals surface area contributed by atoms with Crippen LogP contribution in [-0.4, -0.2) is 38.8 Å².